The maximum atomic E-state index is 11.6. The Labute approximate surface area is 91.8 Å². The summed E-state index contributed by atoms with van der Waals surface area (Å²) in [5.74, 6) is -2.25. The van der Waals surface area contributed by atoms with E-state index in [1.807, 2.05) is 0 Å². The number of nitrogens with two attached hydrogens (primary N) is 1. The molecule has 1 heterocycles. The third-order valence-corrected chi connectivity index (χ3v) is 2.64. The van der Waals surface area contributed by atoms with Crippen molar-refractivity contribution in [1.29, 1.82) is 0 Å². The molecule has 1 fully saturated rings. The van der Waals surface area contributed by atoms with Gasteiger partial charge in [0.15, 0.2) is 0 Å². The predicted molar refractivity (Wildman–Crippen MR) is 54.3 cm³/mol. The lowest BCUT2D eigenvalue weighted by molar-refractivity contribution is -0.154. The number of carbonyl (C=O) groups is 3. The number of nitrogens with zero attached hydrogens (tertiary/aromatic N) is 1. The molecular formula is C8H12N2O4S. The van der Waals surface area contributed by atoms with Gasteiger partial charge in [-0.05, 0) is 6.42 Å². The van der Waals surface area contributed by atoms with E-state index in [0.717, 1.165) is 4.90 Å². The minimum absolute atomic E-state index is 0.0714. The van der Waals surface area contributed by atoms with E-state index in [1.165, 1.54) is 0 Å². The van der Waals surface area contributed by atoms with E-state index in [0.29, 0.717) is 0 Å². The van der Waals surface area contributed by atoms with Crippen LogP contribution in [0.1, 0.15) is 12.8 Å². The van der Waals surface area contributed by atoms with Crippen LogP contribution in [0.3, 0.4) is 0 Å². The van der Waals surface area contributed by atoms with Gasteiger partial charge >= 0.3 is 5.97 Å². The van der Waals surface area contributed by atoms with E-state index in [9.17, 15) is 14.4 Å². The number of imide groups is 1. The van der Waals surface area contributed by atoms with E-state index in [-0.39, 0.29) is 18.6 Å². The molecule has 0 aromatic carbocycles. The Balaban J connectivity index is 2.85. The third kappa shape index (κ3) is 2.29. The topological polar surface area (TPSA) is 101 Å². The highest BCUT2D eigenvalue weighted by molar-refractivity contribution is 7.80. The molecular weight excluding hydrogens is 220 g/mol. The van der Waals surface area contributed by atoms with E-state index in [4.69, 9.17) is 10.8 Å². The first-order chi connectivity index (χ1) is 6.99. The van der Waals surface area contributed by atoms with E-state index >= 15 is 0 Å². The van der Waals surface area contributed by atoms with Gasteiger partial charge < -0.3 is 10.8 Å². The Morgan fingerprint density at radius 2 is 2.27 bits per heavy atom. The number of likely N-dealkylation sites (tertiary alicyclic amines) is 1. The molecule has 1 rings (SSSR count). The molecule has 0 aliphatic carbocycles. The van der Waals surface area contributed by atoms with Crippen LogP contribution >= 0.6 is 12.6 Å². The SMILES string of the molecule is N[C@@H](CS)C(=O)N1C(=O)CC[C@H]1C(=O)O. The molecule has 3 N–H and O–H groups in total. The first-order valence-electron chi connectivity index (χ1n) is 4.44. The molecule has 1 aliphatic rings. The zero-order valence-corrected chi connectivity index (χ0v) is 8.81. The molecule has 0 unspecified atom stereocenters. The lowest BCUT2D eigenvalue weighted by atomic mass is 10.2. The van der Waals surface area contributed by atoms with Crippen molar-refractivity contribution in [3.05, 3.63) is 0 Å². The molecule has 1 aliphatic heterocycles. The summed E-state index contributed by atoms with van der Waals surface area (Å²) >= 11 is 3.83. The van der Waals surface area contributed by atoms with Gasteiger partial charge in [-0.25, -0.2) is 4.79 Å². The van der Waals surface area contributed by atoms with Gasteiger partial charge in [-0.15, -0.1) is 0 Å². The van der Waals surface area contributed by atoms with Gasteiger partial charge in [0.05, 0.1) is 6.04 Å². The average molecular weight is 232 g/mol. The third-order valence-electron chi connectivity index (χ3n) is 2.25. The van der Waals surface area contributed by atoms with Crippen LogP contribution in [0.2, 0.25) is 0 Å². The minimum Gasteiger partial charge on any atom is -0.480 e. The predicted octanol–water partition coefficient (Wildman–Crippen LogP) is -1.15. The number of carbonyl (C=O) groups excluding carboxylic acids is 2. The largest absolute Gasteiger partial charge is 0.480 e. The molecule has 84 valence electrons. The van der Waals surface area contributed by atoms with Gasteiger partial charge in [0.25, 0.3) is 0 Å². The summed E-state index contributed by atoms with van der Waals surface area (Å²) in [6, 6.07) is -2.01. The second-order valence-corrected chi connectivity index (χ2v) is 3.65. The Morgan fingerprint density at radius 1 is 1.67 bits per heavy atom. The zero-order chi connectivity index (χ0) is 11.6. The molecule has 7 heteroatoms. The number of hydrogen-bond donors (Lipinski definition) is 3. The molecule has 0 bridgehead atoms. The summed E-state index contributed by atoms with van der Waals surface area (Å²) in [6.45, 7) is 0. The summed E-state index contributed by atoms with van der Waals surface area (Å²) in [5.41, 5.74) is 5.41. The molecule has 6 nitrogen and oxygen atoms in total. The average Bonchev–Trinajstić information content (AvgIpc) is 2.58. The van der Waals surface area contributed by atoms with Gasteiger partial charge in [-0.2, -0.15) is 12.6 Å². The summed E-state index contributed by atoms with van der Waals surface area (Å²) in [5, 5.41) is 8.80. The molecule has 0 aromatic heterocycles. The van der Waals surface area contributed by atoms with Crippen molar-refractivity contribution in [2.75, 3.05) is 5.75 Å². The second-order valence-electron chi connectivity index (χ2n) is 3.28. The molecule has 0 saturated carbocycles. The number of aliphatic carboxylic acids is 1. The van der Waals surface area contributed by atoms with Gasteiger partial charge in [0.2, 0.25) is 11.8 Å². The maximum Gasteiger partial charge on any atom is 0.326 e. The van der Waals surface area contributed by atoms with Crippen LogP contribution in [0, 0.1) is 0 Å². The summed E-state index contributed by atoms with van der Waals surface area (Å²) in [4.78, 5) is 34.4. The summed E-state index contributed by atoms with van der Waals surface area (Å²) in [6.07, 6.45) is 0.223. The van der Waals surface area contributed by atoms with Gasteiger partial charge in [-0.1, -0.05) is 0 Å². The number of hydrogen-bond acceptors (Lipinski definition) is 5. The van der Waals surface area contributed by atoms with Crippen LogP contribution in [0.25, 0.3) is 0 Å². The molecule has 2 atom stereocenters. The van der Waals surface area contributed by atoms with Crippen LogP contribution in [0.5, 0.6) is 0 Å². The van der Waals surface area contributed by atoms with Crippen molar-refractivity contribution in [3.63, 3.8) is 0 Å². The Kier molecular flexibility index (Phi) is 3.70. The van der Waals surface area contributed by atoms with Crippen molar-refractivity contribution < 1.29 is 19.5 Å². The summed E-state index contributed by atoms with van der Waals surface area (Å²) in [7, 11) is 0. The first-order valence-corrected chi connectivity index (χ1v) is 5.07. The van der Waals surface area contributed by atoms with Gasteiger partial charge in [0, 0.05) is 12.2 Å². The van der Waals surface area contributed by atoms with Crippen molar-refractivity contribution in [2.24, 2.45) is 5.73 Å². The minimum atomic E-state index is -1.18. The molecule has 0 spiro atoms. The van der Waals surface area contributed by atoms with Crippen LogP contribution in [-0.2, 0) is 14.4 Å². The molecule has 15 heavy (non-hydrogen) atoms. The highest BCUT2D eigenvalue weighted by atomic mass is 32.1. The Morgan fingerprint density at radius 3 is 2.73 bits per heavy atom. The Hall–Kier alpha value is -1.08. The highest BCUT2D eigenvalue weighted by Crippen LogP contribution is 2.19. The number of carboxylic acid groups (broad SMARTS) is 1. The number of rotatable bonds is 3. The van der Waals surface area contributed by atoms with Crippen molar-refractivity contribution >= 4 is 30.4 Å². The Bertz CT molecular complexity index is 307. The maximum absolute atomic E-state index is 11.6. The number of amides is 2. The van der Waals surface area contributed by atoms with Crippen LogP contribution < -0.4 is 5.73 Å². The fourth-order valence-electron chi connectivity index (χ4n) is 1.45. The lowest BCUT2D eigenvalue weighted by Crippen LogP contribution is -2.50. The fourth-order valence-corrected chi connectivity index (χ4v) is 1.61. The number of carboxylic acids is 1. The molecule has 0 aromatic rings. The van der Waals surface area contributed by atoms with Crippen LogP contribution in [0.4, 0.5) is 0 Å². The number of thiol groups is 1. The molecule has 2 amide bonds. The normalized spacial score (nSPS) is 22.9. The lowest BCUT2D eigenvalue weighted by Gasteiger charge is -2.22. The van der Waals surface area contributed by atoms with Crippen molar-refractivity contribution in [2.45, 2.75) is 24.9 Å². The van der Waals surface area contributed by atoms with E-state index < -0.39 is 29.9 Å². The van der Waals surface area contributed by atoms with E-state index in [1.54, 1.807) is 0 Å². The zero-order valence-electron chi connectivity index (χ0n) is 7.92. The van der Waals surface area contributed by atoms with Gasteiger partial charge in [-0.3, -0.25) is 14.5 Å². The molecule has 1 saturated heterocycles. The van der Waals surface area contributed by atoms with Crippen LogP contribution in [-0.4, -0.2) is 45.6 Å². The standard InChI is InChI=1S/C8H12N2O4S/c9-4(3-15)7(12)10-5(8(13)14)1-2-6(10)11/h4-5,15H,1-3,9H2,(H,13,14)/t4-,5-/m0/s1. The second kappa shape index (κ2) is 4.63. The van der Waals surface area contributed by atoms with Crippen molar-refractivity contribution in [3.8, 4) is 0 Å². The smallest absolute Gasteiger partial charge is 0.326 e. The quantitative estimate of drug-likeness (QED) is 0.533. The first kappa shape index (κ1) is 12.0. The van der Waals surface area contributed by atoms with E-state index in [2.05, 4.69) is 12.6 Å². The molecule has 0 radical (unpaired) electrons. The fraction of sp³-hybridized carbons (Fsp3) is 0.625. The van der Waals surface area contributed by atoms with Crippen molar-refractivity contribution in [1.82, 2.24) is 4.90 Å². The van der Waals surface area contributed by atoms with Crippen LogP contribution in [0.15, 0.2) is 0 Å². The monoisotopic (exact) mass is 232 g/mol. The van der Waals surface area contributed by atoms with Gasteiger partial charge in [0.1, 0.15) is 6.04 Å². The highest BCUT2D eigenvalue weighted by Gasteiger charge is 2.41. The summed E-state index contributed by atoms with van der Waals surface area (Å²) < 4.78 is 0.